The number of nitrogens with zero attached hydrogens (tertiary/aromatic N) is 2. The summed E-state index contributed by atoms with van der Waals surface area (Å²) in [7, 11) is 0. The third-order valence-electron chi connectivity index (χ3n) is 4.68. The van der Waals surface area contributed by atoms with E-state index in [0.717, 1.165) is 29.2 Å². The van der Waals surface area contributed by atoms with Crippen molar-refractivity contribution in [1.29, 1.82) is 0 Å². The van der Waals surface area contributed by atoms with Crippen molar-refractivity contribution < 1.29 is 13.2 Å². The lowest BCUT2D eigenvalue weighted by Crippen LogP contribution is -1.96. The van der Waals surface area contributed by atoms with Gasteiger partial charge in [0.15, 0.2) is 5.82 Å². The van der Waals surface area contributed by atoms with Gasteiger partial charge in [0.05, 0.1) is 5.56 Å². The quantitative estimate of drug-likeness (QED) is 0.389. The molecule has 1 aromatic heterocycles. The summed E-state index contributed by atoms with van der Waals surface area (Å²) in [5.41, 5.74) is 1.49. The molecule has 0 aliphatic carbocycles. The number of fused-ring (bicyclic) bond motifs is 1. The molecule has 0 radical (unpaired) electrons. The Morgan fingerprint density at radius 2 is 1.47 bits per heavy atom. The first-order valence-electron chi connectivity index (χ1n) is 9.55. The summed E-state index contributed by atoms with van der Waals surface area (Å²) in [4.78, 5) is 8.40. The third-order valence-corrected chi connectivity index (χ3v) is 4.68. The Hall–Kier alpha value is -3.65. The Morgan fingerprint density at radius 1 is 0.800 bits per heavy atom. The molecule has 2 nitrogen and oxygen atoms in total. The summed E-state index contributed by atoms with van der Waals surface area (Å²) in [6.45, 7) is 2.05. The fourth-order valence-electron chi connectivity index (χ4n) is 3.17. The lowest BCUT2D eigenvalue weighted by molar-refractivity contribution is 0.578. The smallest absolute Gasteiger partial charge is 0.159 e. The summed E-state index contributed by atoms with van der Waals surface area (Å²) in [5.74, 6) is 3.72. The van der Waals surface area contributed by atoms with Gasteiger partial charge in [-0.05, 0) is 59.2 Å². The highest BCUT2D eigenvalue weighted by atomic mass is 19.1. The summed E-state index contributed by atoms with van der Waals surface area (Å²) in [5, 5.41) is 1.52. The summed E-state index contributed by atoms with van der Waals surface area (Å²) in [6.07, 6.45) is 5.15. The third kappa shape index (κ3) is 4.18. The van der Waals surface area contributed by atoms with Gasteiger partial charge in [-0.25, -0.2) is 23.1 Å². The van der Waals surface area contributed by atoms with Gasteiger partial charge >= 0.3 is 0 Å². The van der Waals surface area contributed by atoms with Gasteiger partial charge in [-0.15, -0.1) is 0 Å². The Bertz CT molecular complexity index is 1260. The van der Waals surface area contributed by atoms with Crippen molar-refractivity contribution in [3.8, 4) is 23.2 Å². The standard InChI is InChI=1S/C25H17F3N2/c1-2-3-17-14-29-25(30-15-17)20-12-23(27)22(24(28)13-20)9-5-16-4-6-19-11-21(26)8-7-18(19)10-16/h4,6-8,10-15H,2-3H2,1H3. The molecule has 0 atom stereocenters. The molecular formula is C25H17F3N2. The van der Waals surface area contributed by atoms with Crippen LogP contribution in [-0.2, 0) is 6.42 Å². The monoisotopic (exact) mass is 402 g/mol. The van der Waals surface area contributed by atoms with Crippen molar-refractivity contribution in [3.05, 3.63) is 95.1 Å². The molecule has 0 amide bonds. The van der Waals surface area contributed by atoms with Crippen molar-refractivity contribution in [1.82, 2.24) is 9.97 Å². The number of hydrogen-bond donors (Lipinski definition) is 0. The Balaban J connectivity index is 1.64. The number of aryl methyl sites for hydroxylation is 1. The SMILES string of the molecule is CCCc1cnc(-c2cc(F)c(C#Cc3ccc4cc(F)ccc4c3)c(F)c2)nc1. The summed E-state index contributed by atoms with van der Waals surface area (Å²) >= 11 is 0. The van der Waals surface area contributed by atoms with Crippen LogP contribution in [0, 0.1) is 29.3 Å². The number of rotatable bonds is 3. The van der Waals surface area contributed by atoms with Crippen molar-refractivity contribution in [2.24, 2.45) is 0 Å². The molecule has 3 aromatic carbocycles. The highest BCUT2D eigenvalue weighted by Crippen LogP contribution is 2.22. The zero-order chi connectivity index (χ0) is 21.1. The molecule has 30 heavy (non-hydrogen) atoms. The highest BCUT2D eigenvalue weighted by Gasteiger charge is 2.12. The molecule has 0 spiro atoms. The van der Waals surface area contributed by atoms with E-state index in [1.54, 1.807) is 36.7 Å². The molecule has 0 N–H and O–H groups in total. The molecule has 0 saturated heterocycles. The van der Waals surface area contributed by atoms with E-state index in [4.69, 9.17) is 0 Å². The maximum Gasteiger partial charge on any atom is 0.159 e. The van der Waals surface area contributed by atoms with E-state index in [1.165, 1.54) is 24.3 Å². The topological polar surface area (TPSA) is 25.8 Å². The zero-order valence-electron chi connectivity index (χ0n) is 16.2. The molecule has 0 bridgehead atoms. The normalized spacial score (nSPS) is 10.7. The molecule has 0 unspecified atom stereocenters. The van der Waals surface area contributed by atoms with Crippen LogP contribution in [0.1, 0.15) is 30.0 Å². The Labute approximate surface area is 172 Å². The van der Waals surface area contributed by atoms with E-state index in [2.05, 4.69) is 28.7 Å². The van der Waals surface area contributed by atoms with Crippen molar-refractivity contribution >= 4 is 10.8 Å². The van der Waals surface area contributed by atoms with Crippen molar-refractivity contribution in [2.45, 2.75) is 19.8 Å². The lowest BCUT2D eigenvalue weighted by atomic mass is 10.1. The van der Waals surface area contributed by atoms with Gasteiger partial charge in [-0.3, -0.25) is 0 Å². The van der Waals surface area contributed by atoms with E-state index >= 15 is 0 Å². The minimum Gasteiger partial charge on any atom is -0.236 e. The molecule has 0 fully saturated rings. The Morgan fingerprint density at radius 3 is 2.17 bits per heavy atom. The van der Waals surface area contributed by atoms with Crippen molar-refractivity contribution in [3.63, 3.8) is 0 Å². The molecule has 0 aliphatic heterocycles. The van der Waals surface area contributed by atoms with Crippen LogP contribution < -0.4 is 0 Å². The zero-order valence-corrected chi connectivity index (χ0v) is 16.2. The number of aromatic nitrogens is 2. The fraction of sp³-hybridized carbons (Fsp3) is 0.120. The van der Waals surface area contributed by atoms with E-state index in [1.807, 2.05) is 0 Å². The molecule has 4 rings (SSSR count). The van der Waals surface area contributed by atoms with Crippen molar-refractivity contribution in [2.75, 3.05) is 0 Å². The highest BCUT2D eigenvalue weighted by molar-refractivity contribution is 5.84. The van der Waals surface area contributed by atoms with Crippen LogP contribution in [0.3, 0.4) is 0 Å². The Kier molecular flexibility index (Phi) is 5.49. The van der Waals surface area contributed by atoms with E-state index in [0.29, 0.717) is 5.56 Å². The van der Waals surface area contributed by atoms with Crippen LogP contribution in [-0.4, -0.2) is 9.97 Å². The molecule has 0 aliphatic rings. The van der Waals surface area contributed by atoms with E-state index in [9.17, 15) is 13.2 Å². The molecule has 4 aromatic rings. The van der Waals surface area contributed by atoms with Crippen LogP contribution in [0.4, 0.5) is 13.2 Å². The average molecular weight is 402 g/mol. The molecular weight excluding hydrogens is 385 g/mol. The van der Waals surface area contributed by atoms with Gasteiger partial charge in [0.2, 0.25) is 0 Å². The number of hydrogen-bond acceptors (Lipinski definition) is 2. The first kappa shape index (κ1) is 19.7. The first-order chi connectivity index (χ1) is 14.5. The first-order valence-corrected chi connectivity index (χ1v) is 9.55. The second-order valence-corrected chi connectivity index (χ2v) is 6.94. The summed E-state index contributed by atoms with van der Waals surface area (Å²) in [6, 6.07) is 11.9. The van der Waals surface area contributed by atoms with Gasteiger partial charge in [-0.1, -0.05) is 37.3 Å². The molecule has 148 valence electrons. The predicted molar refractivity (Wildman–Crippen MR) is 111 cm³/mol. The van der Waals surface area contributed by atoms with Crippen LogP contribution in [0.5, 0.6) is 0 Å². The molecule has 5 heteroatoms. The van der Waals surface area contributed by atoms with Crippen LogP contribution in [0.15, 0.2) is 60.9 Å². The van der Waals surface area contributed by atoms with Gasteiger partial charge in [0, 0.05) is 23.5 Å². The van der Waals surface area contributed by atoms with Gasteiger partial charge in [0.1, 0.15) is 17.5 Å². The van der Waals surface area contributed by atoms with E-state index < -0.39 is 11.6 Å². The van der Waals surface area contributed by atoms with Crippen LogP contribution in [0.2, 0.25) is 0 Å². The van der Waals surface area contributed by atoms with E-state index in [-0.39, 0.29) is 22.8 Å². The lowest BCUT2D eigenvalue weighted by Gasteiger charge is -2.04. The van der Waals surface area contributed by atoms with Crippen LogP contribution >= 0.6 is 0 Å². The number of halogens is 3. The minimum atomic E-state index is -0.776. The summed E-state index contributed by atoms with van der Waals surface area (Å²) < 4.78 is 42.4. The minimum absolute atomic E-state index is 0.256. The number of benzene rings is 3. The fourth-order valence-corrected chi connectivity index (χ4v) is 3.17. The second-order valence-electron chi connectivity index (χ2n) is 6.94. The largest absolute Gasteiger partial charge is 0.236 e. The maximum absolute atomic E-state index is 14.6. The van der Waals surface area contributed by atoms with Crippen LogP contribution in [0.25, 0.3) is 22.2 Å². The van der Waals surface area contributed by atoms with Gasteiger partial charge in [-0.2, -0.15) is 0 Å². The second kappa shape index (κ2) is 8.38. The predicted octanol–water partition coefficient (Wildman–Crippen LogP) is 6.07. The van der Waals surface area contributed by atoms with Gasteiger partial charge in [0.25, 0.3) is 0 Å². The average Bonchev–Trinajstić information content (AvgIpc) is 2.74. The van der Waals surface area contributed by atoms with Gasteiger partial charge < -0.3 is 0 Å². The molecule has 1 heterocycles. The molecule has 0 saturated carbocycles. The maximum atomic E-state index is 14.6.